The van der Waals surface area contributed by atoms with Gasteiger partial charge in [-0.25, -0.2) is 4.98 Å². The summed E-state index contributed by atoms with van der Waals surface area (Å²) < 4.78 is 2.25. The predicted molar refractivity (Wildman–Crippen MR) is 142 cm³/mol. The van der Waals surface area contributed by atoms with Gasteiger partial charge in [0.15, 0.2) is 0 Å². The topological polar surface area (TPSA) is 65.4 Å². The number of hydrogen-bond donors (Lipinski definition) is 0. The highest BCUT2D eigenvalue weighted by atomic mass is 15.0. The second-order valence-electron chi connectivity index (χ2n) is 8.88. The first-order chi connectivity index (χ1) is 17.7. The van der Waals surface area contributed by atoms with E-state index < -0.39 is 0 Å². The fraction of sp³-hybridized carbons (Fsp3) is 0.0938. The van der Waals surface area contributed by atoms with Crippen molar-refractivity contribution >= 4 is 27.5 Å². The van der Waals surface area contributed by atoms with Gasteiger partial charge in [0.25, 0.3) is 0 Å². The Kier molecular flexibility index (Phi) is 5.31. The summed E-state index contributed by atoms with van der Waals surface area (Å²) in [4.78, 5) is 4.47. The number of nitrogens with zero attached hydrogens (tertiary/aromatic N) is 4. The monoisotopic (exact) mass is 460 g/mol. The fourth-order valence-corrected chi connectivity index (χ4v) is 5.08. The third kappa shape index (κ3) is 3.70. The second-order valence-corrected chi connectivity index (χ2v) is 8.88. The lowest BCUT2D eigenvalue weighted by Gasteiger charge is -2.22. The molecule has 2 atom stereocenters. The number of fused-ring (bicyclic) bond motifs is 3. The Balaban J connectivity index is 1.48. The van der Waals surface area contributed by atoms with Crippen molar-refractivity contribution in [1.29, 1.82) is 10.5 Å². The van der Waals surface area contributed by atoms with Crippen LogP contribution in [0, 0.1) is 40.4 Å². The van der Waals surface area contributed by atoms with E-state index in [0.717, 1.165) is 33.6 Å². The molecule has 0 amide bonds. The number of nitriles is 2. The Bertz CT molecular complexity index is 1750. The van der Waals surface area contributed by atoms with Crippen LogP contribution < -0.4 is 0 Å². The summed E-state index contributed by atoms with van der Waals surface area (Å²) in [6.07, 6.45) is 10.9. The molecule has 4 nitrogen and oxygen atoms in total. The minimum Gasteiger partial charge on any atom is -0.310 e. The summed E-state index contributed by atoms with van der Waals surface area (Å²) in [5, 5.41) is 21.6. The minimum atomic E-state index is -0.232. The molecule has 0 fully saturated rings. The smallest absolute Gasteiger partial charge is 0.140 e. The Morgan fingerprint density at radius 1 is 0.861 bits per heavy atom. The summed E-state index contributed by atoms with van der Waals surface area (Å²) in [5.41, 5.74) is 6.15. The maximum absolute atomic E-state index is 9.93. The van der Waals surface area contributed by atoms with E-state index in [4.69, 9.17) is 0 Å². The van der Waals surface area contributed by atoms with Crippen LogP contribution in [-0.2, 0) is 0 Å². The first kappa shape index (κ1) is 21.4. The quantitative estimate of drug-likeness (QED) is 0.321. The number of pyridine rings is 1. The zero-order valence-corrected chi connectivity index (χ0v) is 19.4. The molecule has 2 aromatic carbocycles. The summed E-state index contributed by atoms with van der Waals surface area (Å²) in [5.74, 6) is 6.11. The molecular formula is C32H20N4. The summed E-state index contributed by atoms with van der Waals surface area (Å²) in [7, 11) is 0. The van der Waals surface area contributed by atoms with E-state index in [1.165, 1.54) is 10.8 Å². The van der Waals surface area contributed by atoms with Gasteiger partial charge in [0.1, 0.15) is 11.8 Å². The van der Waals surface area contributed by atoms with Crippen LogP contribution in [0.25, 0.3) is 27.5 Å². The number of hydrogen-bond acceptors (Lipinski definition) is 3. The third-order valence-electron chi connectivity index (χ3n) is 6.70. The Hall–Kier alpha value is -5.11. The van der Waals surface area contributed by atoms with E-state index in [1.807, 2.05) is 42.5 Å². The van der Waals surface area contributed by atoms with Crippen LogP contribution >= 0.6 is 0 Å². The highest BCUT2D eigenvalue weighted by molar-refractivity contribution is 6.10. The van der Waals surface area contributed by atoms with Gasteiger partial charge in [-0.2, -0.15) is 10.5 Å². The average molecular weight is 461 g/mol. The summed E-state index contributed by atoms with van der Waals surface area (Å²) in [6.45, 7) is 0. The predicted octanol–water partition coefficient (Wildman–Crippen LogP) is 6.66. The SMILES string of the molecule is N#CC1=CC(n2c3ccccc3c3ccccc32)=CC(C2=CC(c3cccc(C#N)n3)C#CC=C2)C1. The molecule has 6 rings (SSSR count). The zero-order valence-electron chi connectivity index (χ0n) is 19.4. The van der Waals surface area contributed by atoms with Crippen LogP contribution in [0.2, 0.25) is 0 Å². The van der Waals surface area contributed by atoms with Crippen molar-refractivity contribution in [3.63, 3.8) is 0 Å². The molecule has 0 spiro atoms. The summed E-state index contributed by atoms with van der Waals surface area (Å²) in [6, 6.07) is 26.7. The maximum atomic E-state index is 9.93. The highest BCUT2D eigenvalue weighted by Gasteiger charge is 2.23. The molecule has 4 heteroatoms. The van der Waals surface area contributed by atoms with Crippen molar-refractivity contribution in [3.8, 4) is 24.0 Å². The molecule has 2 unspecified atom stereocenters. The summed E-state index contributed by atoms with van der Waals surface area (Å²) >= 11 is 0. The average Bonchev–Trinajstić information content (AvgIpc) is 3.08. The molecule has 0 N–H and O–H groups in total. The van der Waals surface area contributed by atoms with Gasteiger partial charge in [-0.1, -0.05) is 72.5 Å². The second kappa shape index (κ2) is 8.92. The van der Waals surface area contributed by atoms with Crippen molar-refractivity contribution in [2.75, 3.05) is 0 Å². The van der Waals surface area contributed by atoms with E-state index in [0.29, 0.717) is 12.1 Å². The molecule has 0 saturated carbocycles. The fourth-order valence-electron chi connectivity index (χ4n) is 5.08. The van der Waals surface area contributed by atoms with Crippen molar-refractivity contribution in [1.82, 2.24) is 9.55 Å². The van der Waals surface area contributed by atoms with Crippen LogP contribution in [0.3, 0.4) is 0 Å². The molecular weight excluding hydrogens is 440 g/mol. The van der Waals surface area contributed by atoms with Gasteiger partial charge in [-0.3, -0.25) is 0 Å². The lowest BCUT2D eigenvalue weighted by molar-refractivity contribution is 0.758. The molecule has 36 heavy (non-hydrogen) atoms. The van der Waals surface area contributed by atoms with Gasteiger partial charge in [-0.05, 0) is 48.4 Å². The van der Waals surface area contributed by atoms with Crippen LogP contribution in [0.5, 0.6) is 0 Å². The molecule has 4 aromatic rings. The van der Waals surface area contributed by atoms with E-state index >= 15 is 0 Å². The first-order valence-corrected chi connectivity index (χ1v) is 11.8. The molecule has 2 heterocycles. The third-order valence-corrected chi connectivity index (χ3v) is 6.70. The molecule has 168 valence electrons. The molecule has 0 bridgehead atoms. The van der Waals surface area contributed by atoms with Gasteiger partial charge in [0, 0.05) is 28.0 Å². The van der Waals surface area contributed by atoms with Crippen molar-refractivity contribution < 1.29 is 0 Å². The van der Waals surface area contributed by atoms with Crippen LogP contribution in [0.4, 0.5) is 0 Å². The van der Waals surface area contributed by atoms with Gasteiger partial charge in [-0.15, -0.1) is 0 Å². The van der Waals surface area contributed by atoms with Gasteiger partial charge in [0.2, 0.25) is 0 Å². The Morgan fingerprint density at radius 2 is 1.61 bits per heavy atom. The Labute approximate surface area is 209 Å². The van der Waals surface area contributed by atoms with Gasteiger partial charge in [0.05, 0.1) is 28.7 Å². The molecule has 2 aliphatic rings. The van der Waals surface area contributed by atoms with E-state index in [2.05, 4.69) is 82.1 Å². The highest BCUT2D eigenvalue weighted by Crippen LogP contribution is 2.37. The first-order valence-electron chi connectivity index (χ1n) is 11.8. The van der Waals surface area contributed by atoms with E-state index in [1.54, 1.807) is 6.07 Å². The largest absolute Gasteiger partial charge is 0.310 e. The number of benzene rings is 2. The molecule has 0 radical (unpaired) electrons. The van der Waals surface area contributed by atoms with Crippen LogP contribution in [0.1, 0.15) is 23.7 Å². The molecule has 0 saturated heterocycles. The standard InChI is InChI=1S/C32H20N4/c33-20-22-16-25(23-8-1-2-9-24(18-23)30-13-7-10-26(21-34)35-30)19-27(17-22)36-31-14-5-3-11-28(31)29-12-4-6-15-32(29)36/h1,3-8,10-15,17-19,24-25H,16H2. The molecule has 2 aromatic heterocycles. The van der Waals surface area contributed by atoms with Gasteiger partial charge < -0.3 is 4.57 Å². The van der Waals surface area contributed by atoms with E-state index in [9.17, 15) is 10.5 Å². The molecule has 0 aliphatic heterocycles. The number of rotatable bonds is 3. The van der Waals surface area contributed by atoms with Gasteiger partial charge >= 0.3 is 0 Å². The lowest BCUT2D eigenvalue weighted by atomic mass is 9.85. The van der Waals surface area contributed by atoms with E-state index in [-0.39, 0.29) is 11.8 Å². The lowest BCUT2D eigenvalue weighted by Crippen LogP contribution is -2.10. The maximum Gasteiger partial charge on any atom is 0.140 e. The van der Waals surface area contributed by atoms with Crippen LogP contribution in [0.15, 0.2) is 108 Å². The normalized spacial score (nSPS) is 18.8. The zero-order chi connectivity index (χ0) is 24.5. The number of aromatic nitrogens is 2. The van der Waals surface area contributed by atoms with Crippen molar-refractivity contribution in [2.45, 2.75) is 12.3 Å². The van der Waals surface area contributed by atoms with Crippen molar-refractivity contribution in [3.05, 3.63) is 120 Å². The van der Waals surface area contributed by atoms with Crippen LogP contribution in [-0.4, -0.2) is 9.55 Å². The number of allylic oxidation sites excluding steroid dienone is 8. The number of para-hydroxylation sites is 2. The minimum absolute atomic E-state index is 0.000765. The molecule has 2 aliphatic carbocycles. The Morgan fingerprint density at radius 3 is 2.33 bits per heavy atom. The van der Waals surface area contributed by atoms with Crippen molar-refractivity contribution in [2.24, 2.45) is 5.92 Å².